The Morgan fingerprint density at radius 3 is 2.80 bits per heavy atom. The maximum absolute atomic E-state index is 11.0. The minimum Gasteiger partial charge on any atom is -0.481 e. The molecular weight excluding hydrogens is 402 g/mol. The van der Waals surface area contributed by atoms with Crippen molar-refractivity contribution < 1.29 is 14.6 Å². The maximum Gasteiger partial charge on any atom is 0.304 e. The summed E-state index contributed by atoms with van der Waals surface area (Å²) in [6.45, 7) is 3.02. The first-order chi connectivity index (χ1) is 14.6. The van der Waals surface area contributed by atoms with Gasteiger partial charge in [0.15, 0.2) is 0 Å². The molecule has 3 aromatic rings. The fourth-order valence-corrected chi connectivity index (χ4v) is 4.27. The molecule has 1 aromatic heterocycles. The first kappa shape index (κ1) is 20.7. The van der Waals surface area contributed by atoms with E-state index in [0.717, 1.165) is 53.8 Å². The molecule has 1 N–H and O–H groups in total. The van der Waals surface area contributed by atoms with Gasteiger partial charge in [0.05, 0.1) is 30.5 Å². The van der Waals surface area contributed by atoms with Crippen LogP contribution in [0.3, 0.4) is 0 Å². The van der Waals surface area contributed by atoms with E-state index >= 15 is 0 Å². The minimum atomic E-state index is -0.721. The highest BCUT2D eigenvalue weighted by Gasteiger charge is 2.26. The predicted molar refractivity (Wildman–Crippen MR) is 117 cm³/mol. The molecule has 2 heterocycles. The molecule has 1 aliphatic rings. The summed E-state index contributed by atoms with van der Waals surface area (Å²) in [7, 11) is 0. The van der Waals surface area contributed by atoms with Crippen LogP contribution >= 0.6 is 11.6 Å². The number of carbonyl (C=O) groups is 1. The largest absolute Gasteiger partial charge is 0.481 e. The zero-order chi connectivity index (χ0) is 20.9. The van der Waals surface area contributed by atoms with Crippen LogP contribution in [0.15, 0.2) is 48.5 Å². The number of aromatic nitrogens is 2. The Kier molecular flexibility index (Phi) is 6.55. The molecular formula is C23H26ClN3O3. The number of hydrogen-bond donors (Lipinski definition) is 1. The van der Waals surface area contributed by atoms with Gasteiger partial charge in [0, 0.05) is 17.6 Å². The van der Waals surface area contributed by atoms with Crippen LogP contribution in [0.1, 0.15) is 31.2 Å². The SMILES string of the molecule is O=C(O)C[C@@H]1CCCN1CCCOc1nn(Cc2ccc(Cl)cc2)c2ccccc12. The van der Waals surface area contributed by atoms with Crippen molar-refractivity contribution in [1.82, 2.24) is 14.7 Å². The Labute approximate surface area is 181 Å². The van der Waals surface area contributed by atoms with Crippen LogP contribution in [0, 0.1) is 0 Å². The molecule has 6 nitrogen and oxygen atoms in total. The highest BCUT2D eigenvalue weighted by Crippen LogP contribution is 2.26. The van der Waals surface area contributed by atoms with Gasteiger partial charge in [-0.3, -0.25) is 14.4 Å². The summed E-state index contributed by atoms with van der Waals surface area (Å²) in [4.78, 5) is 13.3. The molecule has 0 bridgehead atoms. The number of rotatable bonds is 9. The molecule has 0 amide bonds. The summed E-state index contributed by atoms with van der Waals surface area (Å²) >= 11 is 5.99. The zero-order valence-electron chi connectivity index (χ0n) is 16.8. The molecule has 1 atom stereocenters. The van der Waals surface area contributed by atoms with E-state index in [1.807, 2.05) is 53.2 Å². The molecule has 7 heteroatoms. The molecule has 0 saturated carbocycles. The lowest BCUT2D eigenvalue weighted by molar-refractivity contribution is -0.138. The van der Waals surface area contributed by atoms with Gasteiger partial charge < -0.3 is 9.84 Å². The molecule has 158 valence electrons. The standard InChI is InChI=1S/C23H26ClN3O3/c24-18-10-8-17(9-11-18)16-27-21-7-2-1-6-20(21)23(25-27)30-14-4-13-26-12-3-5-19(26)15-22(28)29/h1-2,6-11,19H,3-5,12-16H2,(H,28,29)/t19-/m0/s1. The molecule has 0 unspecified atom stereocenters. The van der Waals surface area contributed by atoms with E-state index in [0.29, 0.717) is 19.0 Å². The third-order valence-corrected chi connectivity index (χ3v) is 5.86. The number of carboxylic acid groups (broad SMARTS) is 1. The average molecular weight is 428 g/mol. The summed E-state index contributed by atoms with van der Waals surface area (Å²) in [5.41, 5.74) is 2.15. The van der Waals surface area contributed by atoms with E-state index in [-0.39, 0.29) is 12.5 Å². The number of hydrogen-bond acceptors (Lipinski definition) is 4. The Morgan fingerprint density at radius 1 is 1.20 bits per heavy atom. The van der Waals surface area contributed by atoms with Crippen molar-refractivity contribution >= 4 is 28.5 Å². The Bertz CT molecular complexity index is 1000. The second-order valence-electron chi connectivity index (χ2n) is 7.74. The highest BCUT2D eigenvalue weighted by molar-refractivity contribution is 6.30. The summed E-state index contributed by atoms with van der Waals surface area (Å²) < 4.78 is 7.99. The van der Waals surface area contributed by atoms with Crippen LogP contribution in [-0.2, 0) is 11.3 Å². The van der Waals surface area contributed by atoms with Gasteiger partial charge in [-0.2, -0.15) is 0 Å². The van der Waals surface area contributed by atoms with Gasteiger partial charge in [-0.25, -0.2) is 0 Å². The highest BCUT2D eigenvalue weighted by atomic mass is 35.5. The van der Waals surface area contributed by atoms with Gasteiger partial charge in [0.25, 0.3) is 0 Å². The van der Waals surface area contributed by atoms with Gasteiger partial charge in [0.2, 0.25) is 5.88 Å². The number of halogens is 1. The third-order valence-electron chi connectivity index (χ3n) is 5.61. The summed E-state index contributed by atoms with van der Waals surface area (Å²) in [6, 6.07) is 16.0. The monoisotopic (exact) mass is 427 g/mol. The van der Waals surface area contributed by atoms with Crippen molar-refractivity contribution in [2.75, 3.05) is 19.7 Å². The van der Waals surface area contributed by atoms with Crippen molar-refractivity contribution in [3.63, 3.8) is 0 Å². The topological polar surface area (TPSA) is 67.6 Å². The number of fused-ring (bicyclic) bond motifs is 1. The lowest BCUT2D eigenvalue weighted by Crippen LogP contribution is -2.32. The Balaban J connectivity index is 1.38. The number of likely N-dealkylation sites (tertiary alicyclic amines) is 1. The molecule has 30 heavy (non-hydrogen) atoms. The van der Waals surface area contributed by atoms with Crippen LogP contribution in [0.2, 0.25) is 5.02 Å². The number of carboxylic acids is 1. The van der Waals surface area contributed by atoms with E-state index in [2.05, 4.69) is 4.90 Å². The first-order valence-corrected chi connectivity index (χ1v) is 10.8. The van der Waals surface area contributed by atoms with Crippen LogP contribution in [0.5, 0.6) is 5.88 Å². The Hall–Kier alpha value is -2.57. The van der Waals surface area contributed by atoms with Crippen LogP contribution in [0.25, 0.3) is 10.9 Å². The maximum atomic E-state index is 11.0. The predicted octanol–water partition coefficient (Wildman–Crippen LogP) is 4.45. The summed E-state index contributed by atoms with van der Waals surface area (Å²) in [5, 5.41) is 15.5. The average Bonchev–Trinajstić information content (AvgIpc) is 3.31. The molecule has 1 saturated heterocycles. The lowest BCUT2D eigenvalue weighted by Gasteiger charge is -2.22. The van der Waals surface area contributed by atoms with E-state index in [1.165, 1.54) is 0 Å². The van der Waals surface area contributed by atoms with Gasteiger partial charge >= 0.3 is 5.97 Å². The normalized spacial score (nSPS) is 16.9. The second kappa shape index (κ2) is 9.49. The minimum absolute atomic E-state index is 0.155. The molecule has 4 rings (SSSR count). The second-order valence-corrected chi connectivity index (χ2v) is 8.17. The van der Waals surface area contributed by atoms with Gasteiger partial charge in [-0.05, 0) is 55.6 Å². The quantitative estimate of drug-likeness (QED) is 0.511. The van der Waals surface area contributed by atoms with Crippen molar-refractivity contribution in [3.05, 3.63) is 59.1 Å². The zero-order valence-corrected chi connectivity index (χ0v) is 17.6. The van der Waals surface area contributed by atoms with Crippen LogP contribution < -0.4 is 4.74 Å². The smallest absolute Gasteiger partial charge is 0.304 e. The number of benzene rings is 2. The fraction of sp³-hybridized carbons (Fsp3) is 0.391. The molecule has 0 spiro atoms. The van der Waals surface area contributed by atoms with E-state index in [4.69, 9.17) is 26.5 Å². The van der Waals surface area contributed by atoms with Crippen molar-refractivity contribution in [3.8, 4) is 5.88 Å². The first-order valence-electron chi connectivity index (χ1n) is 10.4. The molecule has 2 aromatic carbocycles. The number of para-hydroxylation sites is 1. The third kappa shape index (κ3) is 4.94. The molecule has 0 aliphatic carbocycles. The van der Waals surface area contributed by atoms with Crippen molar-refractivity contribution in [2.45, 2.75) is 38.3 Å². The van der Waals surface area contributed by atoms with Gasteiger partial charge in [0.1, 0.15) is 0 Å². The van der Waals surface area contributed by atoms with Crippen molar-refractivity contribution in [2.24, 2.45) is 0 Å². The van der Waals surface area contributed by atoms with E-state index in [1.54, 1.807) is 0 Å². The van der Waals surface area contributed by atoms with Crippen LogP contribution in [-0.4, -0.2) is 51.5 Å². The number of nitrogens with zero attached hydrogens (tertiary/aromatic N) is 3. The summed E-state index contributed by atoms with van der Waals surface area (Å²) in [6.07, 6.45) is 3.10. The molecule has 1 aliphatic heterocycles. The fourth-order valence-electron chi connectivity index (χ4n) is 4.15. The number of ether oxygens (including phenoxy) is 1. The van der Waals surface area contributed by atoms with Crippen LogP contribution in [0.4, 0.5) is 0 Å². The van der Waals surface area contributed by atoms with E-state index < -0.39 is 5.97 Å². The lowest BCUT2D eigenvalue weighted by atomic mass is 10.1. The van der Waals surface area contributed by atoms with Gasteiger partial charge in [-0.15, -0.1) is 5.10 Å². The number of aliphatic carboxylic acids is 1. The summed E-state index contributed by atoms with van der Waals surface area (Å²) in [5.74, 6) is -0.0797. The molecule has 1 fully saturated rings. The van der Waals surface area contributed by atoms with Crippen molar-refractivity contribution in [1.29, 1.82) is 0 Å². The van der Waals surface area contributed by atoms with Gasteiger partial charge in [-0.1, -0.05) is 35.9 Å². The van der Waals surface area contributed by atoms with E-state index in [9.17, 15) is 4.79 Å². The Morgan fingerprint density at radius 2 is 2.00 bits per heavy atom. The molecule has 0 radical (unpaired) electrons.